The summed E-state index contributed by atoms with van der Waals surface area (Å²) in [5, 5.41) is 5.24. The maximum atomic E-state index is 12.0. The number of phosphoric acid groups is 1. The SMILES string of the molecule is CCNC(=O)Nc1ncnc2c1ncn2[C@@H]1O[C@H](COP(=O)([O-])O)C2O[C@@H](c3ccccc3)O[C@@H]21. The van der Waals surface area contributed by atoms with Gasteiger partial charge in [0.1, 0.15) is 24.6 Å². The third-order valence-electron chi connectivity index (χ3n) is 5.52. The highest BCUT2D eigenvalue weighted by Gasteiger charge is 2.54. The number of phosphoric ester groups is 1. The fourth-order valence-electron chi connectivity index (χ4n) is 4.07. The van der Waals surface area contributed by atoms with E-state index in [0.717, 1.165) is 5.56 Å². The fraction of sp³-hybridized carbons (Fsp3) is 0.400. The predicted octanol–water partition coefficient (Wildman–Crippen LogP) is 0.825. The standard InChI is InChI=1S/C20H23N6O8P/c1-2-21-20(27)25-16-13-17(23-9-22-16)26(10-24-13)18-15-14(12(32-18)8-31-35(28,29)30)33-19(34-15)11-6-4-3-5-7-11/h3-7,9-10,12,14-15,18-19H,2,8H2,1H3,(H2,28,29,30)(H2,21,22,23,25,27)/p-1/t12-,14?,15+,18-,19-/m1/s1. The van der Waals surface area contributed by atoms with Gasteiger partial charge in [0.25, 0.3) is 7.82 Å². The molecule has 0 aliphatic carbocycles. The van der Waals surface area contributed by atoms with Gasteiger partial charge in [-0.05, 0) is 6.92 Å². The van der Waals surface area contributed by atoms with E-state index in [0.29, 0.717) is 17.7 Å². The van der Waals surface area contributed by atoms with Gasteiger partial charge in [-0.2, -0.15) is 0 Å². The Morgan fingerprint density at radius 2 is 1.97 bits per heavy atom. The third-order valence-corrected chi connectivity index (χ3v) is 6.00. The Balaban J connectivity index is 1.45. The Hall–Kier alpha value is -2.97. The molecule has 186 valence electrons. The average molecular weight is 505 g/mol. The molecule has 2 unspecified atom stereocenters. The van der Waals surface area contributed by atoms with E-state index in [1.807, 2.05) is 30.3 Å². The fourth-order valence-corrected chi connectivity index (χ4v) is 4.41. The van der Waals surface area contributed by atoms with Crippen LogP contribution >= 0.6 is 7.82 Å². The molecule has 0 bridgehead atoms. The Labute approximate surface area is 198 Å². The van der Waals surface area contributed by atoms with E-state index in [2.05, 4.69) is 30.1 Å². The highest BCUT2D eigenvalue weighted by Crippen LogP contribution is 2.46. The van der Waals surface area contributed by atoms with Crippen LogP contribution in [0.3, 0.4) is 0 Å². The number of hydrogen-bond acceptors (Lipinski definition) is 10. The summed E-state index contributed by atoms with van der Waals surface area (Å²) in [6, 6.07) is 8.78. The first kappa shape index (κ1) is 23.8. The second-order valence-electron chi connectivity index (χ2n) is 7.80. The number of benzene rings is 1. The number of carbonyl (C=O) groups is 1. The van der Waals surface area contributed by atoms with Gasteiger partial charge in [0.2, 0.25) is 0 Å². The molecule has 1 aromatic carbocycles. The smallest absolute Gasteiger partial charge is 0.320 e. The summed E-state index contributed by atoms with van der Waals surface area (Å²) in [6.07, 6.45) is -1.13. The number of imidazole rings is 1. The van der Waals surface area contributed by atoms with Crippen LogP contribution in [0.1, 0.15) is 25.0 Å². The minimum atomic E-state index is -4.99. The van der Waals surface area contributed by atoms with Crippen LogP contribution in [0.15, 0.2) is 43.0 Å². The van der Waals surface area contributed by atoms with Crippen LogP contribution in [0, 0.1) is 0 Å². The van der Waals surface area contributed by atoms with E-state index in [1.165, 1.54) is 12.7 Å². The van der Waals surface area contributed by atoms with Gasteiger partial charge in [0, 0.05) is 12.1 Å². The summed E-state index contributed by atoms with van der Waals surface area (Å²) in [4.78, 5) is 44.9. The number of fused-ring (bicyclic) bond motifs is 2. The van der Waals surface area contributed by atoms with E-state index < -0.39 is 51.3 Å². The Kier molecular flexibility index (Phi) is 6.51. The molecule has 2 aliphatic heterocycles. The molecular weight excluding hydrogens is 483 g/mol. The molecule has 4 heterocycles. The molecule has 2 saturated heterocycles. The van der Waals surface area contributed by atoms with E-state index in [9.17, 15) is 14.3 Å². The van der Waals surface area contributed by atoms with E-state index in [1.54, 1.807) is 11.5 Å². The molecule has 14 nitrogen and oxygen atoms in total. The van der Waals surface area contributed by atoms with Gasteiger partial charge >= 0.3 is 6.03 Å². The molecule has 0 saturated carbocycles. The molecule has 0 radical (unpaired) electrons. The van der Waals surface area contributed by atoms with E-state index in [4.69, 9.17) is 19.1 Å². The van der Waals surface area contributed by atoms with Crippen molar-refractivity contribution >= 4 is 30.8 Å². The summed E-state index contributed by atoms with van der Waals surface area (Å²) in [6.45, 7) is 1.74. The van der Waals surface area contributed by atoms with Gasteiger partial charge in [-0.3, -0.25) is 14.4 Å². The number of ether oxygens (including phenoxy) is 3. The summed E-state index contributed by atoms with van der Waals surface area (Å²) in [5.41, 5.74) is 1.43. The molecule has 15 heteroatoms. The van der Waals surface area contributed by atoms with Crippen molar-refractivity contribution in [2.45, 2.75) is 37.8 Å². The van der Waals surface area contributed by atoms with Gasteiger partial charge in [0.15, 0.2) is 29.5 Å². The number of urea groups is 1. The maximum absolute atomic E-state index is 12.0. The first-order chi connectivity index (χ1) is 16.8. The lowest BCUT2D eigenvalue weighted by atomic mass is 10.1. The van der Waals surface area contributed by atoms with Crippen LogP contribution in [0.5, 0.6) is 0 Å². The zero-order chi connectivity index (χ0) is 24.6. The lowest BCUT2D eigenvalue weighted by molar-refractivity contribution is -0.224. The van der Waals surface area contributed by atoms with Crippen molar-refractivity contribution in [3.63, 3.8) is 0 Å². The summed E-state index contributed by atoms with van der Waals surface area (Å²) < 4.78 is 35.6. The van der Waals surface area contributed by atoms with Crippen molar-refractivity contribution in [2.75, 3.05) is 18.5 Å². The van der Waals surface area contributed by atoms with Crippen LogP contribution in [0.25, 0.3) is 11.2 Å². The maximum Gasteiger partial charge on any atom is 0.320 e. The molecule has 6 atom stereocenters. The molecule has 2 fully saturated rings. The van der Waals surface area contributed by atoms with Crippen LogP contribution in [-0.4, -0.2) is 61.9 Å². The van der Waals surface area contributed by atoms with E-state index in [-0.39, 0.29) is 5.82 Å². The molecule has 3 aromatic rings. The largest absolute Gasteiger partial charge is 0.756 e. The number of carbonyl (C=O) groups excluding carboxylic acids is 1. The highest BCUT2D eigenvalue weighted by atomic mass is 31.2. The Bertz CT molecular complexity index is 1250. The summed E-state index contributed by atoms with van der Waals surface area (Å²) in [7, 11) is -4.99. The molecule has 35 heavy (non-hydrogen) atoms. The first-order valence-corrected chi connectivity index (χ1v) is 12.3. The van der Waals surface area contributed by atoms with Crippen LogP contribution in [-0.2, 0) is 23.3 Å². The van der Waals surface area contributed by atoms with Crippen LogP contribution in [0.4, 0.5) is 10.6 Å². The lowest BCUT2D eigenvalue weighted by Gasteiger charge is -2.23. The van der Waals surface area contributed by atoms with Crippen molar-refractivity contribution in [3.05, 3.63) is 48.5 Å². The molecule has 5 rings (SSSR count). The number of nitrogens with one attached hydrogen (secondary N) is 2. The first-order valence-electron chi connectivity index (χ1n) is 10.8. The zero-order valence-electron chi connectivity index (χ0n) is 18.4. The quantitative estimate of drug-likeness (QED) is 0.387. The summed E-state index contributed by atoms with van der Waals surface area (Å²) in [5.74, 6) is 0.201. The van der Waals surface area contributed by atoms with Gasteiger partial charge in [-0.15, -0.1) is 0 Å². The topological polar surface area (TPSA) is 182 Å². The van der Waals surface area contributed by atoms with E-state index >= 15 is 0 Å². The second kappa shape index (κ2) is 9.59. The Morgan fingerprint density at radius 1 is 1.20 bits per heavy atom. The number of anilines is 1. The summed E-state index contributed by atoms with van der Waals surface area (Å²) >= 11 is 0. The second-order valence-corrected chi connectivity index (χ2v) is 9.00. The molecule has 0 spiro atoms. The monoisotopic (exact) mass is 505 g/mol. The minimum absolute atomic E-state index is 0.201. The Morgan fingerprint density at radius 3 is 2.71 bits per heavy atom. The van der Waals surface area contributed by atoms with Crippen LogP contribution < -0.4 is 15.5 Å². The number of hydrogen-bond donors (Lipinski definition) is 3. The predicted molar refractivity (Wildman–Crippen MR) is 117 cm³/mol. The van der Waals surface area contributed by atoms with Crippen molar-refractivity contribution in [1.29, 1.82) is 0 Å². The van der Waals surface area contributed by atoms with Gasteiger partial charge in [-0.25, -0.2) is 19.7 Å². The molecule has 2 aromatic heterocycles. The molecule has 2 amide bonds. The molecule has 3 N–H and O–H groups in total. The van der Waals surface area contributed by atoms with Crippen molar-refractivity contribution in [1.82, 2.24) is 24.8 Å². The lowest BCUT2D eigenvalue weighted by Crippen LogP contribution is -2.32. The van der Waals surface area contributed by atoms with Gasteiger partial charge in [0.05, 0.1) is 12.9 Å². The highest BCUT2D eigenvalue weighted by molar-refractivity contribution is 7.44. The van der Waals surface area contributed by atoms with Gasteiger partial charge < -0.3 is 33.8 Å². The van der Waals surface area contributed by atoms with Crippen molar-refractivity contribution in [2.24, 2.45) is 0 Å². The molecule has 2 aliphatic rings. The number of nitrogens with zero attached hydrogens (tertiary/aromatic N) is 4. The van der Waals surface area contributed by atoms with Crippen LogP contribution in [0.2, 0.25) is 0 Å². The normalized spacial score (nSPS) is 27.5. The third kappa shape index (κ3) is 4.90. The number of rotatable bonds is 7. The number of aromatic nitrogens is 4. The van der Waals surface area contributed by atoms with Crippen molar-refractivity contribution < 1.29 is 37.9 Å². The number of amides is 2. The minimum Gasteiger partial charge on any atom is -0.756 e. The zero-order valence-corrected chi connectivity index (χ0v) is 19.3. The average Bonchev–Trinajstić information content (AvgIpc) is 3.52. The molecular formula is C20H22N6O8P-. The van der Waals surface area contributed by atoms with Crippen molar-refractivity contribution in [3.8, 4) is 0 Å². The van der Waals surface area contributed by atoms with Gasteiger partial charge in [-0.1, -0.05) is 30.3 Å².